The first kappa shape index (κ1) is 97.4. The van der Waals surface area contributed by atoms with Crippen LogP contribution in [0.5, 0.6) is 0 Å². The molecule has 0 amide bonds. The van der Waals surface area contributed by atoms with Crippen molar-refractivity contribution < 1.29 is 38.8 Å². The van der Waals surface area contributed by atoms with Crippen LogP contribution in [0.4, 0.5) is 0 Å². The third-order valence-corrected chi connectivity index (χ3v) is 0. The summed E-state index contributed by atoms with van der Waals surface area (Å²) < 4.78 is 0. The molecule has 0 saturated carbocycles. The Labute approximate surface area is 185 Å². The van der Waals surface area contributed by atoms with E-state index in [9.17, 15) is 0 Å². The molecule has 0 rings (SSSR count). The summed E-state index contributed by atoms with van der Waals surface area (Å²) in [6.07, 6.45) is 0. The first-order chi connectivity index (χ1) is 0. The van der Waals surface area contributed by atoms with Crippen LogP contribution in [0.25, 0.3) is 0 Å². The molecule has 5 nitrogen and oxygen atoms in total. The van der Waals surface area contributed by atoms with Crippen molar-refractivity contribution in [2.75, 3.05) is 0 Å². The van der Waals surface area contributed by atoms with Crippen LogP contribution in [0, 0.1) is 0 Å². The molecule has 0 aromatic heterocycles. The van der Waals surface area contributed by atoms with E-state index < -0.39 is 0 Å². The molecule has 0 heterocycles. The second kappa shape index (κ2) is 76.9. The van der Waals surface area contributed by atoms with Gasteiger partial charge < -0.3 is 38.8 Å². The summed E-state index contributed by atoms with van der Waals surface area (Å²) in [6.45, 7) is 0. The van der Waals surface area contributed by atoms with Crippen LogP contribution in [0.2, 0.25) is 0 Å². The van der Waals surface area contributed by atoms with Gasteiger partial charge in [-0.15, -0.1) is 0 Å². The molecule has 0 aromatic carbocycles. The molecule has 0 aromatic rings. The van der Waals surface area contributed by atoms with E-state index in [1.54, 1.807) is 0 Å². The molecule has 0 unspecified atom stereocenters. The van der Waals surface area contributed by atoms with Crippen LogP contribution < -0.4 is 0 Å². The quantitative estimate of drug-likeness (QED) is 0.382. The summed E-state index contributed by atoms with van der Waals surface area (Å²) in [4.78, 5) is 0. The maximum absolute atomic E-state index is 0. The van der Waals surface area contributed by atoms with E-state index >= 15 is 0 Å². The van der Waals surface area contributed by atoms with Gasteiger partial charge in [0.05, 0.1) is 0 Å². The topological polar surface area (TPSA) is 158 Å². The molecule has 9 heteroatoms. The van der Waals surface area contributed by atoms with Crippen LogP contribution in [0.15, 0.2) is 0 Å². The molecule has 0 saturated heterocycles. The minimum Gasteiger partial charge on any atom is -1.00 e. The molecule has 0 aliphatic carbocycles. The summed E-state index contributed by atoms with van der Waals surface area (Å²) in [5.74, 6) is 0. The van der Waals surface area contributed by atoms with Gasteiger partial charge in [-0.25, -0.2) is 0 Å². The van der Waals surface area contributed by atoms with E-state index in [4.69, 9.17) is 0 Å². The van der Waals surface area contributed by atoms with Crippen LogP contribution >= 0.6 is 0 Å². The average Bonchev–Trinajstić information content (AvgIpc) is 0. The minimum atomic E-state index is 0. The Bertz CT molecular complexity index is 25.9. The number of hydrogen-bond acceptors (Lipinski definition) is 0. The monoisotopic (exact) mass is 258 g/mol. The molecular weight excluding hydrogens is 240 g/mol. The van der Waals surface area contributed by atoms with Gasteiger partial charge in [-0.1, -0.05) is 0 Å². The van der Waals surface area contributed by atoms with E-state index in [0.717, 1.165) is 0 Å². The van der Waals surface area contributed by atoms with Crippen LogP contribution in [0.3, 0.4) is 0 Å². The van der Waals surface area contributed by atoms with Crippen molar-refractivity contribution in [3.63, 3.8) is 0 Å². The third kappa shape index (κ3) is 64.4. The summed E-state index contributed by atoms with van der Waals surface area (Å²) in [7, 11) is 0. The van der Waals surface area contributed by atoms with Crippen molar-refractivity contribution in [2.24, 2.45) is 0 Å². The van der Waals surface area contributed by atoms with Gasteiger partial charge >= 0.3 is 151 Å². The number of hydrogen-bond donors (Lipinski definition) is 0. The van der Waals surface area contributed by atoms with Gasteiger partial charge in [-0.2, -0.15) is 0 Å². The Balaban J connectivity index is 0. The Morgan fingerprint density at radius 3 is 0.333 bits per heavy atom. The average molecular weight is 258 g/mol. The fourth-order valence-corrected chi connectivity index (χ4v) is 0. The van der Waals surface area contributed by atoms with Crippen molar-refractivity contribution >= 4 is 151 Å². The van der Waals surface area contributed by atoms with Crippen molar-refractivity contribution in [3.05, 3.63) is 0 Å². The minimum absolute atomic E-state index is 0. The molecule has 0 aliphatic rings. The van der Waals surface area contributed by atoms with Gasteiger partial charge in [-0.3, -0.25) is 0 Å². The summed E-state index contributed by atoms with van der Waals surface area (Å²) >= 11 is 0. The predicted octanol–water partition coefficient (Wildman–Crippen LogP) is -4.75. The normalized spacial score (nSPS) is 0. The Morgan fingerprint density at radius 2 is 0.333 bits per heavy atom. The van der Waals surface area contributed by atoms with E-state index in [2.05, 4.69) is 0 Å². The molecule has 56 valence electrons. The van der Waals surface area contributed by atoms with E-state index in [-0.39, 0.29) is 190 Å². The van der Waals surface area contributed by atoms with Crippen LogP contribution in [-0.4, -0.2) is 178 Å². The summed E-state index contributed by atoms with van der Waals surface area (Å²) in [5.41, 5.74) is 0. The molecule has 10 N–H and O–H groups in total. The van der Waals surface area contributed by atoms with E-state index in [1.807, 2.05) is 0 Å². The Hall–Kier alpha value is 4.84. The van der Waals surface area contributed by atoms with E-state index in [0.29, 0.717) is 0 Å². The molecule has 0 fully saturated rings. The van der Waals surface area contributed by atoms with Gasteiger partial charge in [0, 0.05) is 0 Å². The molecule has 0 spiro atoms. The largest absolute Gasteiger partial charge is 2.00 e. The maximum Gasteiger partial charge on any atom is 2.00 e. The zero-order valence-electron chi connectivity index (χ0n) is 13.3. The van der Waals surface area contributed by atoms with Crippen molar-refractivity contribution in [2.45, 2.75) is 0 Å². The fourth-order valence-electron chi connectivity index (χ4n) is 0. The second-order valence-corrected chi connectivity index (χ2v) is 0. The van der Waals surface area contributed by atoms with Gasteiger partial charge in [0.25, 0.3) is 0 Å². The Morgan fingerprint density at radius 1 is 0.333 bits per heavy atom. The molecule has 0 radical (unpaired) electrons. The fraction of sp³-hybridized carbons (Fsp3) is 0. The molecule has 0 atom stereocenters. The standard InChI is InChI=1S/4Ca.5H2O.8H/h;;;;5*1H2;;;;;;;;/q4*+2;;;;;;8*-1. The molecule has 9 heavy (non-hydrogen) atoms. The van der Waals surface area contributed by atoms with Gasteiger partial charge in [0.2, 0.25) is 0 Å². The predicted molar refractivity (Wildman–Crippen MR) is 50.0 cm³/mol. The van der Waals surface area contributed by atoms with Crippen molar-refractivity contribution in [1.29, 1.82) is 0 Å². The zero-order chi connectivity index (χ0) is 0. The maximum atomic E-state index is 0. The SMILES string of the molecule is O.O.O.O.O.[Ca+2].[Ca+2].[Ca+2].[Ca+2].[H-].[H-].[H-].[H-].[H-].[H-].[H-].[H-]. The van der Waals surface area contributed by atoms with Gasteiger partial charge in [-0.05, 0) is 0 Å². The van der Waals surface area contributed by atoms with Crippen LogP contribution in [0.1, 0.15) is 11.4 Å². The second-order valence-electron chi connectivity index (χ2n) is 0. The molecule has 0 aliphatic heterocycles. The smallest absolute Gasteiger partial charge is 1.00 e. The zero-order valence-corrected chi connectivity index (χ0v) is 14.2. The van der Waals surface area contributed by atoms with Crippen LogP contribution in [-0.2, 0) is 0 Å². The summed E-state index contributed by atoms with van der Waals surface area (Å²) in [6, 6.07) is 0. The molecule has 0 bridgehead atoms. The number of rotatable bonds is 0. The van der Waals surface area contributed by atoms with E-state index in [1.165, 1.54) is 0 Å². The first-order valence-corrected chi connectivity index (χ1v) is 0. The third-order valence-electron chi connectivity index (χ3n) is 0. The summed E-state index contributed by atoms with van der Waals surface area (Å²) in [5, 5.41) is 0. The van der Waals surface area contributed by atoms with Gasteiger partial charge in [0.15, 0.2) is 0 Å². The van der Waals surface area contributed by atoms with Crippen molar-refractivity contribution in [1.82, 2.24) is 0 Å². The first-order valence-electron chi connectivity index (χ1n) is 0. The molecular formula is H18Ca4O5. The Kier molecular flexibility index (Phi) is 832. The van der Waals surface area contributed by atoms with Crippen molar-refractivity contribution in [3.8, 4) is 0 Å². The van der Waals surface area contributed by atoms with Gasteiger partial charge in [0.1, 0.15) is 0 Å².